The van der Waals surface area contributed by atoms with Gasteiger partial charge < -0.3 is 0 Å². The van der Waals surface area contributed by atoms with Gasteiger partial charge in [-0.2, -0.15) is 0 Å². The molecule has 0 aliphatic heterocycles. The van der Waals surface area contributed by atoms with E-state index in [1.807, 2.05) is 42.5 Å². The lowest BCUT2D eigenvalue weighted by Crippen LogP contribution is -2.15. The maximum Gasteiger partial charge on any atom is 0.268 e. The van der Waals surface area contributed by atoms with E-state index in [1.54, 1.807) is 30.3 Å². The minimum absolute atomic E-state index is 0.133. The maximum atomic E-state index is 13.3. The largest absolute Gasteiger partial charge is 0.296 e. The van der Waals surface area contributed by atoms with Crippen molar-refractivity contribution in [1.82, 2.24) is 3.97 Å². The molecule has 0 unspecified atom stereocenters. The lowest BCUT2D eigenvalue weighted by molar-refractivity contribution is 0.111. The molecule has 0 fully saturated rings. The molecular formula is C21H15NO3S2. The van der Waals surface area contributed by atoms with Gasteiger partial charge >= 0.3 is 0 Å². The van der Waals surface area contributed by atoms with E-state index in [4.69, 9.17) is 0 Å². The molecule has 3 aromatic carbocycles. The maximum absolute atomic E-state index is 13.3. The predicted octanol–water partition coefficient (Wildman–Crippen LogP) is 4.84. The summed E-state index contributed by atoms with van der Waals surface area (Å²) in [5, 5.41) is 0.730. The fraction of sp³-hybridized carbons (Fsp3) is 0. The Morgan fingerprint density at radius 3 is 2.04 bits per heavy atom. The Balaban J connectivity index is 2.01. The van der Waals surface area contributed by atoms with E-state index < -0.39 is 10.0 Å². The number of carbonyl (C=O) groups excluding carboxylic acids is 1. The van der Waals surface area contributed by atoms with Gasteiger partial charge in [0.15, 0.2) is 6.29 Å². The van der Waals surface area contributed by atoms with Crippen LogP contribution in [0.25, 0.3) is 10.9 Å². The van der Waals surface area contributed by atoms with Gasteiger partial charge in [-0.1, -0.05) is 66.4 Å². The van der Waals surface area contributed by atoms with Crippen molar-refractivity contribution in [1.29, 1.82) is 0 Å². The highest BCUT2D eigenvalue weighted by molar-refractivity contribution is 7.99. The first kappa shape index (κ1) is 17.6. The van der Waals surface area contributed by atoms with Crippen molar-refractivity contribution in [3.8, 4) is 0 Å². The molecule has 134 valence electrons. The molecule has 0 aliphatic carbocycles. The standard InChI is InChI=1S/C21H15NO3S2/c23-15-20-21(26-16-9-3-1-4-10-16)18-13-7-8-14-19(18)22(20)27(24,25)17-11-5-2-6-12-17/h1-15H. The molecule has 0 aliphatic rings. The van der Waals surface area contributed by atoms with Crippen LogP contribution in [0.4, 0.5) is 0 Å². The highest BCUT2D eigenvalue weighted by Crippen LogP contribution is 2.39. The van der Waals surface area contributed by atoms with E-state index in [0.717, 1.165) is 14.3 Å². The van der Waals surface area contributed by atoms with Gasteiger partial charge in [0.05, 0.1) is 10.4 Å². The SMILES string of the molecule is O=Cc1c(Sc2ccccc2)c2ccccc2n1S(=O)(=O)c1ccccc1. The first-order valence-corrected chi connectivity index (χ1v) is 10.5. The molecule has 0 saturated carbocycles. The average molecular weight is 393 g/mol. The molecule has 0 spiro atoms. The molecule has 6 heteroatoms. The van der Waals surface area contributed by atoms with Crippen molar-refractivity contribution >= 4 is 39.0 Å². The molecule has 4 rings (SSSR count). The summed E-state index contributed by atoms with van der Waals surface area (Å²) >= 11 is 1.38. The average Bonchev–Trinajstić information content (AvgIpc) is 3.03. The van der Waals surface area contributed by atoms with Gasteiger partial charge in [0.1, 0.15) is 5.69 Å². The summed E-state index contributed by atoms with van der Waals surface area (Å²) in [6, 6.07) is 24.9. The summed E-state index contributed by atoms with van der Waals surface area (Å²) in [5.74, 6) is 0. The fourth-order valence-electron chi connectivity index (χ4n) is 2.97. The lowest BCUT2D eigenvalue weighted by atomic mass is 10.2. The van der Waals surface area contributed by atoms with Crippen molar-refractivity contribution in [3.63, 3.8) is 0 Å². The third-order valence-corrected chi connectivity index (χ3v) is 7.06. The van der Waals surface area contributed by atoms with Crippen LogP contribution in [0.1, 0.15) is 10.5 Å². The van der Waals surface area contributed by atoms with E-state index in [-0.39, 0.29) is 10.6 Å². The second kappa shape index (κ2) is 7.06. The van der Waals surface area contributed by atoms with Gasteiger partial charge in [-0.25, -0.2) is 12.4 Å². The highest BCUT2D eigenvalue weighted by Gasteiger charge is 2.27. The number of nitrogens with zero attached hydrogens (tertiary/aromatic N) is 1. The lowest BCUT2D eigenvalue weighted by Gasteiger charge is -2.09. The number of hydrogen-bond donors (Lipinski definition) is 0. The Morgan fingerprint density at radius 1 is 0.778 bits per heavy atom. The molecule has 0 atom stereocenters. The predicted molar refractivity (Wildman–Crippen MR) is 107 cm³/mol. The molecule has 4 nitrogen and oxygen atoms in total. The molecular weight excluding hydrogens is 378 g/mol. The second-order valence-corrected chi connectivity index (χ2v) is 8.72. The summed E-state index contributed by atoms with van der Waals surface area (Å²) in [7, 11) is -3.91. The third-order valence-electron chi connectivity index (χ3n) is 4.18. The van der Waals surface area contributed by atoms with E-state index >= 15 is 0 Å². The van der Waals surface area contributed by atoms with Crippen LogP contribution in [0.2, 0.25) is 0 Å². The molecule has 0 saturated heterocycles. The first-order valence-electron chi connectivity index (χ1n) is 8.25. The zero-order chi connectivity index (χ0) is 18.9. The van der Waals surface area contributed by atoms with Gasteiger partial charge in [-0.05, 0) is 30.3 Å². The number of rotatable bonds is 5. The van der Waals surface area contributed by atoms with Crippen LogP contribution < -0.4 is 0 Å². The summed E-state index contributed by atoms with van der Waals surface area (Å²) in [6.07, 6.45) is 0.617. The zero-order valence-corrected chi connectivity index (χ0v) is 15.8. The summed E-state index contributed by atoms with van der Waals surface area (Å²) in [6.45, 7) is 0. The summed E-state index contributed by atoms with van der Waals surface area (Å²) in [5.41, 5.74) is 0.621. The van der Waals surface area contributed by atoms with Crippen molar-refractivity contribution in [2.24, 2.45) is 0 Å². The van der Waals surface area contributed by atoms with E-state index in [2.05, 4.69) is 0 Å². The van der Waals surface area contributed by atoms with Crippen molar-refractivity contribution in [2.75, 3.05) is 0 Å². The first-order chi connectivity index (χ1) is 13.1. The number of fused-ring (bicyclic) bond motifs is 1. The Labute approximate surface area is 161 Å². The van der Waals surface area contributed by atoms with E-state index in [0.29, 0.717) is 16.7 Å². The van der Waals surface area contributed by atoms with Crippen molar-refractivity contribution < 1.29 is 13.2 Å². The molecule has 0 bridgehead atoms. The van der Waals surface area contributed by atoms with Gasteiger partial charge in [0, 0.05) is 15.2 Å². The topological polar surface area (TPSA) is 56.1 Å². The number of carbonyl (C=O) groups is 1. The number of para-hydroxylation sites is 1. The molecule has 0 amide bonds. The van der Waals surface area contributed by atoms with Crippen LogP contribution in [0.3, 0.4) is 0 Å². The molecule has 27 heavy (non-hydrogen) atoms. The molecule has 1 heterocycles. The van der Waals surface area contributed by atoms with Crippen LogP contribution in [0, 0.1) is 0 Å². The van der Waals surface area contributed by atoms with Crippen LogP contribution in [-0.4, -0.2) is 18.7 Å². The van der Waals surface area contributed by atoms with Crippen LogP contribution >= 0.6 is 11.8 Å². The van der Waals surface area contributed by atoms with Crippen LogP contribution in [-0.2, 0) is 10.0 Å². The van der Waals surface area contributed by atoms with Crippen LogP contribution in [0.15, 0.2) is 99.6 Å². The number of hydrogen-bond acceptors (Lipinski definition) is 4. The van der Waals surface area contributed by atoms with Crippen molar-refractivity contribution in [3.05, 3.63) is 90.6 Å². The van der Waals surface area contributed by atoms with Gasteiger partial charge in [0.2, 0.25) is 0 Å². The monoisotopic (exact) mass is 393 g/mol. The van der Waals surface area contributed by atoms with Crippen LogP contribution in [0.5, 0.6) is 0 Å². The molecule has 0 radical (unpaired) electrons. The van der Waals surface area contributed by atoms with Crippen molar-refractivity contribution in [2.45, 2.75) is 14.7 Å². The fourth-order valence-corrected chi connectivity index (χ4v) is 5.61. The number of aldehydes is 1. The molecule has 4 aromatic rings. The second-order valence-electron chi connectivity index (χ2n) is 5.85. The van der Waals surface area contributed by atoms with Gasteiger partial charge in [-0.3, -0.25) is 4.79 Å². The van der Waals surface area contributed by atoms with Gasteiger partial charge in [0.25, 0.3) is 10.0 Å². The quantitative estimate of drug-likeness (QED) is 0.455. The third kappa shape index (κ3) is 3.07. The number of aromatic nitrogens is 1. The normalized spacial score (nSPS) is 11.6. The zero-order valence-electron chi connectivity index (χ0n) is 14.1. The molecule has 1 aromatic heterocycles. The smallest absolute Gasteiger partial charge is 0.268 e. The van der Waals surface area contributed by atoms with Gasteiger partial charge in [-0.15, -0.1) is 0 Å². The minimum atomic E-state index is -3.91. The minimum Gasteiger partial charge on any atom is -0.296 e. The van der Waals surface area contributed by atoms with E-state index in [9.17, 15) is 13.2 Å². The van der Waals surface area contributed by atoms with E-state index in [1.165, 1.54) is 23.9 Å². The summed E-state index contributed by atoms with van der Waals surface area (Å²) < 4.78 is 27.7. The Hall–Kier alpha value is -2.83. The number of benzene rings is 3. The highest BCUT2D eigenvalue weighted by atomic mass is 32.2. The molecule has 0 N–H and O–H groups in total. The Bertz CT molecular complexity index is 1210. The Kier molecular flexibility index (Phi) is 4.59. The Morgan fingerprint density at radius 2 is 1.37 bits per heavy atom. The summed E-state index contributed by atoms with van der Waals surface area (Å²) in [4.78, 5) is 13.7.